The second kappa shape index (κ2) is 21.1. The van der Waals surface area contributed by atoms with Crippen molar-refractivity contribution in [1.29, 1.82) is 0 Å². The van der Waals surface area contributed by atoms with Gasteiger partial charge in [-0.3, -0.25) is 9.80 Å². The van der Waals surface area contributed by atoms with Crippen LogP contribution in [0.1, 0.15) is 75.8 Å². The van der Waals surface area contributed by atoms with Gasteiger partial charge >= 0.3 is 24.6 Å². The number of carboxylic acid groups (broad SMARTS) is 1. The summed E-state index contributed by atoms with van der Waals surface area (Å²) in [4.78, 5) is 43.7. The van der Waals surface area contributed by atoms with Gasteiger partial charge in [-0.2, -0.15) is 13.5 Å². The number of halogens is 4. The third kappa shape index (κ3) is 11.2. The van der Waals surface area contributed by atoms with Crippen LogP contribution in [0.2, 0.25) is 10.0 Å². The first-order valence-corrected chi connectivity index (χ1v) is 24.6. The number of carbonyl (C=O) groups is 3. The van der Waals surface area contributed by atoms with E-state index >= 15 is 0 Å². The van der Waals surface area contributed by atoms with Crippen molar-refractivity contribution >= 4 is 53.0 Å². The highest BCUT2D eigenvalue weighted by atomic mass is 35.5. The van der Waals surface area contributed by atoms with Crippen molar-refractivity contribution in [2.24, 2.45) is 11.8 Å². The fraction of sp³-hybridized carbons (Fsp3) is 0.373. The summed E-state index contributed by atoms with van der Waals surface area (Å²) in [5, 5.41) is 26.7. The van der Waals surface area contributed by atoms with Crippen LogP contribution in [0.5, 0.6) is 17.2 Å². The number of amides is 1. The molecule has 2 N–H and O–H groups in total. The van der Waals surface area contributed by atoms with Gasteiger partial charge in [0, 0.05) is 36.9 Å². The molecule has 4 aliphatic heterocycles. The first-order chi connectivity index (χ1) is 33.3. The van der Waals surface area contributed by atoms with Crippen LogP contribution in [0.4, 0.5) is 13.6 Å². The van der Waals surface area contributed by atoms with Crippen molar-refractivity contribution < 1.29 is 51.9 Å². The van der Waals surface area contributed by atoms with Crippen molar-refractivity contribution in [3.8, 4) is 17.2 Å². The second-order valence-corrected chi connectivity index (χ2v) is 20.0. The van der Waals surface area contributed by atoms with Crippen molar-refractivity contribution in [3.05, 3.63) is 158 Å². The van der Waals surface area contributed by atoms with Gasteiger partial charge in [-0.1, -0.05) is 83.9 Å². The number of carboxylic acids is 1. The summed E-state index contributed by atoms with van der Waals surface area (Å²) in [6.07, 6.45) is 5.34. The zero-order chi connectivity index (χ0) is 48.2. The van der Waals surface area contributed by atoms with E-state index in [0.29, 0.717) is 51.7 Å². The van der Waals surface area contributed by atoms with E-state index in [1.165, 1.54) is 30.0 Å². The molecule has 4 saturated heterocycles. The number of hydrogen-bond donors (Lipinski definition) is 2. The zero-order valence-electron chi connectivity index (χ0n) is 37.3. The van der Waals surface area contributed by atoms with Gasteiger partial charge in [-0.25, -0.2) is 14.4 Å². The van der Waals surface area contributed by atoms with Crippen LogP contribution < -0.4 is 24.3 Å². The Bertz CT molecular complexity index is 2650. The first-order valence-electron chi connectivity index (χ1n) is 22.9. The molecule has 69 heavy (non-hydrogen) atoms. The molecule has 5 aromatic rings. The zero-order valence-corrected chi connectivity index (χ0v) is 39.6. The lowest BCUT2D eigenvalue weighted by Gasteiger charge is -2.43. The molecule has 2 bridgehead atoms. The first kappa shape index (κ1) is 48.4. The number of pyridine rings is 1. The standard InChI is InChI=1S/C51H50Cl2F2N4O9S/c52-41-27-59(64)28-42(53)39(41)25-40(35-14-15-43(67-49(54)55)44(24-35)65-30-31-12-13-31)51(48(61)62)58(20-21-69-51)26-32-6-4-11-38(22-32)66-47(60)37-10-5-9-36(23-37)46(34-7-2-1-3-8-34)56-50(63)68-45-29-57-18-16-33(45)17-19-57/h1-11,14-15,22-24,27-28,31,33,40,45-46,49H,12-13,16-21,25-26,29-30H2,(H,56,63)(H,61,62)/t40-,45-,46-,51-/m0/s1. The Kier molecular flexibility index (Phi) is 14.8. The Morgan fingerprint density at radius 3 is 2.30 bits per heavy atom. The Balaban J connectivity index is 0.968. The van der Waals surface area contributed by atoms with Gasteiger partial charge in [0.1, 0.15) is 21.9 Å². The number of hydrogen-bond acceptors (Lipinski definition) is 11. The molecule has 1 aromatic heterocycles. The van der Waals surface area contributed by atoms with Crippen molar-refractivity contribution in [1.82, 2.24) is 15.1 Å². The molecule has 1 saturated carbocycles. The third-order valence-corrected chi connectivity index (χ3v) is 15.5. The Hall–Kier alpha value is -5.65. The molecule has 5 aliphatic rings. The van der Waals surface area contributed by atoms with Crippen molar-refractivity contribution in [2.75, 3.05) is 38.5 Å². The Morgan fingerprint density at radius 1 is 0.870 bits per heavy atom. The minimum Gasteiger partial charge on any atom is -0.619 e. The fourth-order valence-corrected chi connectivity index (χ4v) is 11.8. The van der Waals surface area contributed by atoms with Crippen LogP contribution in [-0.2, 0) is 22.5 Å². The number of ether oxygens (including phenoxy) is 4. The smallest absolute Gasteiger partial charge is 0.408 e. The minimum atomic E-state index is -3.13. The molecule has 4 aromatic carbocycles. The van der Waals surface area contributed by atoms with Gasteiger partial charge in [0.05, 0.1) is 18.2 Å². The maximum absolute atomic E-state index is 13.9. The largest absolute Gasteiger partial charge is 0.619 e. The SMILES string of the molecule is O=C(N[C@@H](c1ccccc1)c1cccc(C(=O)Oc2cccc(CN3CCS[C@]3(C(=O)O)[C@@H](Cc3c(Cl)c[n+]([O-])cc3Cl)c3ccc(OC(F)F)c(OCC4CC4)c3)c2)c1)O[C@H]1CN2CCC1CC2. The fourth-order valence-electron chi connectivity index (χ4n) is 9.66. The quantitative estimate of drug-likeness (QED) is 0.0372. The predicted molar refractivity (Wildman–Crippen MR) is 255 cm³/mol. The maximum Gasteiger partial charge on any atom is 0.408 e. The van der Waals surface area contributed by atoms with Gasteiger partial charge in [0.25, 0.3) is 0 Å². The minimum absolute atomic E-state index is 0.0227. The number of aromatic nitrogens is 1. The molecule has 5 fully saturated rings. The van der Waals surface area contributed by atoms with Gasteiger partial charge in [0.15, 0.2) is 28.8 Å². The Labute approximate surface area is 412 Å². The summed E-state index contributed by atoms with van der Waals surface area (Å²) in [6, 6.07) is 26.9. The number of fused-ring (bicyclic) bond motifs is 3. The van der Waals surface area contributed by atoms with E-state index in [2.05, 4.69) is 10.2 Å². The molecular formula is C51H50Cl2F2N4O9S. The van der Waals surface area contributed by atoms with E-state index in [4.69, 9.17) is 42.1 Å². The van der Waals surface area contributed by atoms with E-state index in [1.807, 2.05) is 36.4 Å². The molecule has 0 spiro atoms. The summed E-state index contributed by atoms with van der Waals surface area (Å²) < 4.78 is 50.4. The lowest BCUT2D eigenvalue weighted by Crippen LogP contribution is -2.53. The van der Waals surface area contributed by atoms with Crippen LogP contribution in [0.15, 0.2) is 109 Å². The molecular weight excluding hydrogens is 954 g/mol. The van der Waals surface area contributed by atoms with Gasteiger partial charge in [0.2, 0.25) is 0 Å². The molecule has 362 valence electrons. The second-order valence-electron chi connectivity index (χ2n) is 17.9. The van der Waals surface area contributed by atoms with E-state index in [1.54, 1.807) is 47.4 Å². The van der Waals surface area contributed by atoms with Crippen molar-refractivity contribution in [3.63, 3.8) is 0 Å². The normalized spacial score (nSPS) is 21.9. The molecule has 1 amide bonds. The number of carbonyl (C=O) groups excluding carboxylic acids is 2. The summed E-state index contributed by atoms with van der Waals surface area (Å²) in [5.74, 6) is -1.72. The molecule has 0 unspecified atom stereocenters. The van der Waals surface area contributed by atoms with Crippen LogP contribution in [0.25, 0.3) is 0 Å². The number of aliphatic carboxylic acids is 1. The number of esters is 1. The molecule has 5 heterocycles. The lowest BCUT2D eigenvalue weighted by molar-refractivity contribution is -0.605. The van der Waals surface area contributed by atoms with Gasteiger partial charge in [-0.15, -0.1) is 11.8 Å². The molecule has 1 aliphatic carbocycles. The average molecular weight is 1000 g/mol. The average Bonchev–Trinajstić information content (AvgIpc) is 4.08. The van der Waals surface area contributed by atoms with E-state index < -0.39 is 41.5 Å². The van der Waals surface area contributed by atoms with Crippen molar-refractivity contribution in [2.45, 2.75) is 68.2 Å². The number of piperidine rings is 3. The van der Waals surface area contributed by atoms with E-state index in [0.717, 1.165) is 56.7 Å². The highest BCUT2D eigenvalue weighted by Gasteiger charge is 2.55. The van der Waals surface area contributed by atoms with E-state index in [-0.39, 0.29) is 64.5 Å². The summed E-state index contributed by atoms with van der Waals surface area (Å²) in [5.41, 5.74) is 3.06. The predicted octanol–water partition coefficient (Wildman–Crippen LogP) is 9.50. The van der Waals surface area contributed by atoms with Crippen LogP contribution >= 0.6 is 35.0 Å². The topological polar surface area (TPSA) is 154 Å². The monoisotopic (exact) mass is 1000 g/mol. The van der Waals surface area contributed by atoms with E-state index in [9.17, 15) is 33.5 Å². The van der Waals surface area contributed by atoms with Crippen LogP contribution in [0, 0.1) is 17.0 Å². The lowest BCUT2D eigenvalue weighted by atomic mass is 9.84. The number of thioether (sulfide) groups is 1. The summed E-state index contributed by atoms with van der Waals surface area (Å²) in [7, 11) is 0. The molecule has 18 heteroatoms. The number of alkyl halides is 2. The number of benzene rings is 4. The maximum atomic E-state index is 13.9. The van der Waals surface area contributed by atoms with Gasteiger partial charge < -0.3 is 34.6 Å². The number of alkyl carbamates (subject to hydrolysis) is 1. The summed E-state index contributed by atoms with van der Waals surface area (Å²) >= 11 is 14.4. The number of nitrogens with zero attached hydrogens (tertiary/aromatic N) is 3. The molecule has 10 rings (SSSR count). The molecule has 0 radical (unpaired) electrons. The molecule has 13 nitrogen and oxygen atoms in total. The highest BCUT2D eigenvalue weighted by Crippen LogP contribution is 2.51. The van der Waals surface area contributed by atoms with Crippen LogP contribution in [0.3, 0.4) is 0 Å². The number of rotatable bonds is 18. The molecule has 4 atom stereocenters. The van der Waals surface area contributed by atoms with Gasteiger partial charge in [-0.05, 0) is 116 Å². The number of nitrogens with one attached hydrogen (secondary N) is 1. The highest BCUT2D eigenvalue weighted by molar-refractivity contribution is 8.01. The third-order valence-electron chi connectivity index (χ3n) is 13.3. The Morgan fingerprint density at radius 2 is 1.61 bits per heavy atom. The summed E-state index contributed by atoms with van der Waals surface area (Å²) in [6.45, 7) is 0.297. The van der Waals surface area contributed by atoms with Crippen LogP contribution in [-0.4, -0.2) is 89.1 Å².